The van der Waals surface area contributed by atoms with Gasteiger partial charge in [0.05, 0.1) is 5.02 Å². The van der Waals surface area contributed by atoms with Crippen LogP contribution in [0.1, 0.15) is 32.1 Å². The third-order valence-corrected chi connectivity index (χ3v) is 5.44. The number of nitrogens with zero attached hydrogens (tertiary/aromatic N) is 1. The van der Waals surface area contributed by atoms with Gasteiger partial charge in [0.1, 0.15) is 5.82 Å². The largest absolute Gasteiger partial charge is 0.347 e. The number of carbonyl (C=O) groups excluding carboxylic acids is 2. The first-order valence-electron chi connectivity index (χ1n) is 8.83. The molecule has 3 rings (SSSR count). The van der Waals surface area contributed by atoms with Gasteiger partial charge in [-0.1, -0.05) is 18.0 Å². The SMILES string of the molecule is O=C(NC[C@@H]1CCCN2CCCC[C@H]12)C(=O)Nc1ccc(Cl)c(F)c1. The predicted molar refractivity (Wildman–Crippen MR) is 95.0 cm³/mol. The summed E-state index contributed by atoms with van der Waals surface area (Å²) in [6.45, 7) is 2.78. The monoisotopic (exact) mass is 367 g/mol. The molecule has 2 saturated heterocycles. The Labute approximate surface area is 151 Å². The number of hydrogen-bond acceptors (Lipinski definition) is 3. The first-order valence-corrected chi connectivity index (χ1v) is 9.20. The minimum Gasteiger partial charge on any atom is -0.347 e. The fraction of sp³-hybridized carbons (Fsp3) is 0.556. The van der Waals surface area contributed by atoms with Crippen LogP contribution in [-0.4, -0.2) is 42.4 Å². The molecule has 0 unspecified atom stereocenters. The average Bonchev–Trinajstić information content (AvgIpc) is 2.62. The molecule has 2 atom stereocenters. The van der Waals surface area contributed by atoms with E-state index in [2.05, 4.69) is 15.5 Å². The lowest BCUT2D eigenvalue weighted by molar-refractivity contribution is -0.136. The first-order chi connectivity index (χ1) is 12.0. The zero-order valence-electron chi connectivity index (χ0n) is 14.1. The topological polar surface area (TPSA) is 61.4 Å². The number of carbonyl (C=O) groups is 2. The summed E-state index contributed by atoms with van der Waals surface area (Å²) >= 11 is 5.60. The molecular formula is C18H23ClFN3O2. The summed E-state index contributed by atoms with van der Waals surface area (Å²) in [6.07, 6.45) is 5.85. The highest BCUT2D eigenvalue weighted by atomic mass is 35.5. The Hall–Kier alpha value is -1.66. The number of fused-ring (bicyclic) bond motifs is 1. The molecule has 2 aliphatic rings. The molecule has 2 amide bonds. The van der Waals surface area contributed by atoms with Crippen molar-refractivity contribution in [2.24, 2.45) is 5.92 Å². The lowest BCUT2D eigenvalue weighted by Gasteiger charge is -2.44. The van der Waals surface area contributed by atoms with E-state index in [9.17, 15) is 14.0 Å². The van der Waals surface area contributed by atoms with Crippen molar-refractivity contribution in [1.82, 2.24) is 10.2 Å². The van der Waals surface area contributed by atoms with Crippen LogP contribution in [0, 0.1) is 11.7 Å². The molecule has 1 aromatic carbocycles. The number of amides is 2. The van der Waals surface area contributed by atoms with Gasteiger partial charge in [0.15, 0.2) is 0 Å². The zero-order valence-corrected chi connectivity index (χ0v) is 14.8. The molecule has 2 fully saturated rings. The lowest BCUT2D eigenvalue weighted by atomic mass is 9.83. The number of rotatable bonds is 3. The third-order valence-electron chi connectivity index (χ3n) is 5.14. The molecule has 0 aromatic heterocycles. The third kappa shape index (κ3) is 4.50. The number of hydrogen-bond donors (Lipinski definition) is 2. The molecule has 7 heteroatoms. The Morgan fingerprint density at radius 3 is 2.76 bits per heavy atom. The Kier molecular flexibility index (Phi) is 5.91. The maximum atomic E-state index is 13.4. The Morgan fingerprint density at radius 1 is 1.16 bits per heavy atom. The molecule has 0 aliphatic carbocycles. The van der Waals surface area contributed by atoms with Gasteiger partial charge in [-0.15, -0.1) is 0 Å². The molecule has 2 N–H and O–H groups in total. The van der Waals surface area contributed by atoms with Gasteiger partial charge in [0, 0.05) is 18.3 Å². The van der Waals surface area contributed by atoms with Gasteiger partial charge in [-0.2, -0.15) is 0 Å². The molecule has 25 heavy (non-hydrogen) atoms. The summed E-state index contributed by atoms with van der Waals surface area (Å²) < 4.78 is 13.4. The number of nitrogens with one attached hydrogen (secondary N) is 2. The highest BCUT2D eigenvalue weighted by Crippen LogP contribution is 2.30. The van der Waals surface area contributed by atoms with E-state index < -0.39 is 17.6 Å². The first kappa shape index (κ1) is 18.1. The maximum absolute atomic E-state index is 13.4. The van der Waals surface area contributed by atoms with Gasteiger partial charge in [0.2, 0.25) is 0 Å². The van der Waals surface area contributed by atoms with Crippen molar-refractivity contribution in [3.05, 3.63) is 29.0 Å². The number of halogens is 2. The van der Waals surface area contributed by atoms with Gasteiger partial charge < -0.3 is 15.5 Å². The second-order valence-corrected chi connectivity index (χ2v) is 7.20. The fourth-order valence-corrected chi connectivity index (χ4v) is 4.00. The number of anilines is 1. The summed E-state index contributed by atoms with van der Waals surface area (Å²) in [6, 6.07) is 4.40. The van der Waals surface area contributed by atoms with Crippen molar-refractivity contribution >= 4 is 29.1 Å². The number of piperidine rings is 2. The molecule has 136 valence electrons. The van der Waals surface area contributed by atoms with E-state index in [1.54, 1.807) is 0 Å². The van der Waals surface area contributed by atoms with E-state index in [1.807, 2.05) is 0 Å². The van der Waals surface area contributed by atoms with Crippen molar-refractivity contribution < 1.29 is 14.0 Å². The zero-order chi connectivity index (χ0) is 17.8. The smallest absolute Gasteiger partial charge is 0.313 e. The molecule has 0 bridgehead atoms. The van der Waals surface area contributed by atoms with Crippen molar-refractivity contribution in [1.29, 1.82) is 0 Å². The van der Waals surface area contributed by atoms with Gasteiger partial charge >= 0.3 is 11.8 Å². The minimum absolute atomic E-state index is 0.0308. The second-order valence-electron chi connectivity index (χ2n) is 6.79. The molecule has 0 saturated carbocycles. The Morgan fingerprint density at radius 2 is 1.96 bits per heavy atom. The van der Waals surface area contributed by atoms with E-state index in [0.29, 0.717) is 18.5 Å². The van der Waals surface area contributed by atoms with Crippen LogP contribution in [0.25, 0.3) is 0 Å². The highest BCUT2D eigenvalue weighted by molar-refractivity contribution is 6.39. The van der Waals surface area contributed by atoms with Crippen LogP contribution >= 0.6 is 11.6 Å². The van der Waals surface area contributed by atoms with E-state index in [0.717, 1.165) is 38.4 Å². The second kappa shape index (κ2) is 8.15. The predicted octanol–water partition coefficient (Wildman–Crippen LogP) is 2.80. The molecule has 1 aromatic rings. The van der Waals surface area contributed by atoms with E-state index in [-0.39, 0.29) is 10.7 Å². The Balaban J connectivity index is 1.51. The summed E-state index contributed by atoms with van der Waals surface area (Å²) in [5.74, 6) is -1.74. The van der Waals surface area contributed by atoms with Gasteiger partial charge in [-0.25, -0.2) is 4.39 Å². The molecule has 5 nitrogen and oxygen atoms in total. The average molecular weight is 368 g/mol. The van der Waals surface area contributed by atoms with Crippen molar-refractivity contribution in [3.63, 3.8) is 0 Å². The van der Waals surface area contributed by atoms with Crippen LogP contribution in [0.5, 0.6) is 0 Å². The van der Waals surface area contributed by atoms with Crippen LogP contribution < -0.4 is 10.6 Å². The highest BCUT2D eigenvalue weighted by Gasteiger charge is 2.33. The normalized spacial score (nSPS) is 23.6. The van der Waals surface area contributed by atoms with Gasteiger partial charge in [-0.3, -0.25) is 9.59 Å². The van der Waals surface area contributed by atoms with Crippen molar-refractivity contribution in [3.8, 4) is 0 Å². The lowest BCUT2D eigenvalue weighted by Crippen LogP contribution is -2.51. The van der Waals surface area contributed by atoms with Gasteiger partial charge in [0.25, 0.3) is 0 Å². The van der Waals surface area contributed by atoms with Crippen LogP contribution in [-0.2, 0) is 9.59 Å². The van der Waals surface area contributed by atoms with E-state index >= 15 is 0 Å². The molecule has 2 aliphatic heterocycles. The molecule has 2 heterocycles. The number of benzene rings is 1. The van der Waals surface area contributed by atoms with Crippen LogP contribution in [0.15, 0.2) is 18.2 Å². The summed E-state index contributed by atoms with van der Waals surface area (Å²) in [5, 5.41) is 5.10. The maximum Gasteiger partial charge on any atom is 0.313 e. The standard InChI is InChI=1S/C18H23ClFN3O2/c19-14-7-6-13(10-15(14)20)22-18(25)17(24)21-11-12-4-3-9-23-8-2-1-5-16(12)23/h6-7,10,12,16H,1-5,8-9,11H2,(H,21,24)(H,22,25)/t12-,16+/m0/s1. The summed E-state index contributed by atoms with van der Waals surface area (Å²) in [4.78, 5) is 26.5. The van der Waals surface area contributed by atoms with Crippen molar-refractivity contribution in [2.75, 3.05) is 25.0 Å². The molecular weight excluding hydrogens is 345 g/mol. The Bertz CT molecular complexity index is 653. The fourth-order valence-electron chi connectivity index (χ4n) is 3.88. The minimum atomic E-state index is -0.793. The van der Waals surface area contributed by atoms with E-state index in [1.165, 1.54) is 25.0 Å². The summed E-state index contributed by atoms with van der Waals surface area (Å²) in [5.41, 5.74) is 0.207. The molecule has 0 spiro atoms. The quantitative estimate of drug-likeness (QED) is 0.807. The van der Waals surface area contributed by atoms with E-state index in [4.69, 9.17) is 11.6 Å². The van der Waals surface area contributed by atoms with Crippen LogP contribution in [0.4, 0.5) is 10.1 Å². The van der Waals surface area contributed by atoms with Gasteiger partial charge in [-0.05, 0) is 62.9 Å². The van der Waals surface area contributed by atoms with Crippen molar-refractivity contribution in [2.45, 2.75) is 38.1 Å². The van der Waals surface area contributed by atoms with Crippen LogP contribution in [0.3, 0.4) is 0 Å². The molecule has 0 radical (unpaired) electrons. The summed E-state index contributed by atoms with van der Waals surface area (Å²) in [7, 11) is 0. The van der Waals surface area contributed by atoms with Crippen LogP contribution in [0.2, 0.25) is 5.02 Å².